The fourth-order valence-corrected chi connectivity index (χ4v) is 3.42. The Morgan fingerprint density at radius 2 is 2.06 bits per heavy atom. The molecule has 0 spiro atoms. The van der Waals surface area contributed by atoms with Gasteiger partial charge in [-0.3, -0.25) is 0 Å². The van der Waals surface area contributed by atoms with E-state index in [0.29, 0.717) is 12.1 Å². The molecule has 0 bridgehead atoms. The van der Waals surface area contributed by atoms with Crippen LogP contribution in [-0.4, -0.2) is 43.7 Å². The van der Waals surface area contributed by atoms with Gasteiger partial charge in [0.2, 0.25) is 0 Å². The highest BCUT2D eigenvalue weighted by Gasteiger charge is 2.31. The Balaban J connectivity index is 1.84. The third-order valence-corrected chi connectivity index (χ3v) is 4.50. The molecule has 0 radical (unpaired) electrons. The van der Waals surface area contributed by atoms with Gasteiger partial charge in [0.15, 0.2) is 0 Å². The fraction of sp³-hybridized carbons (Fsp3) is 1.00. The van der Waals surface area contributed by atoms with Crippen molar-refractivity contribution >= 4 is 0 Å². The van der Waals surface area contributed by atoms with Crippen LogP contribution in [0.1, 0.15) is 32.6 Å². The van der Waals surface area contributed by atoms with E-state index in [2.05, 4.69) is 24.2 Å². The average Bonchev–Trinajstić information content (AvgIpc) is 2.69. The fourth-order valence-electron chi connectivity index (χ4n) is 3.42. The molecular weight excluding hydrogens is 198 g/mol. The van der Waals surface area contributed by atoms with Crippen LogP contribution in [-0.2, 0) is 0 Å². The molecule has 2 rings (SSSR count). The third kappa shape index (κ3) is 2.76. The topological polar surface area (TPSA) is 41.3 Å². The van der Waals surface area contributed by atoms with Crippen molar-refractivity contribution in [1.82, 2.24) is 10.2 Å². The van der Waals surface area contributed by atoms with Crippen molar-refractivity contribution in [2.45, 2.75) is 44.7 Å². The maximum atomic E-state index is 5.84. The molecular formula is C13H27N3. The van der Waals surface area contributed by atoms with Crippen LogP contribution in [0.2, 0.25) is 0 Å². The van der Waals surface area contributed by atoms with Crippen LogP contribution in [0.5, 0.6) is 0 Å². The Labute approximate surface area is 99.8 Å². The minimum absolute atomic E-state index is 0.695. The summed E-state index contributed by atoms with van der Waals surface area (Å²) in [6.07, 6.45) is 5.32. The second kappa shape index (κ2) is 5.48. The number of rotatable bonds is 3. The first-order valence-electron chi connectivity index (χ1n) is 6.85. The van der Waals surface area contributed by atoms with Crippen molar-refractivity contribution in [2.24, 2.45) is 17.6 Å². The van der Waals surface area contributed by atoms with Crippen molar-refractivity contribution in [1.29, 1.82) is 0 Å². The normalized spacial score (nSPS) is 41.4. The van der Waals surface area contributed by atoms with Gasteiger partial charge in [0.1, 0.15) is 0 Å². The lowest BCUT2D eigenvalue weighted by Gasteiger charge is -2.38. The number of nitrogens with one attached hydrogen (secondary N) is 1. The van der Waals surface area contributed by atoms with E-state index in [1.807, 2.05) is 0 Å². The number of piperidine rings is 1. The van der Waals surface area contributed by atoms with Crippen LogP contribution in [0.4, 0.5) is 0 Å². The summed E-state index contributed by atoms with van der Waals surface area (Å²) in [7, 11) is 2.23. The lowest BCUT2D eigenvalue weighted by Crippen LogP contribution is -2.51. The summed E-state index contributed by atoms with van der Waals surface area (Å²) >= 11 is 0. The van der Waals surface area contributed by atoms with E-state index in [4.69, 9.17) is 5.73 Å². The van der Waals surface area contributed by atoms with E-state index in [-0.39, 0.29) is 0 Å². The minimum Gasteiger partial charge on any atom is -0.330 e. The van der Waals surface area contributed by atoms with Crippen LogP contribution in [0.3, 0.4) is 0 Å². The Morgan fingerprint density at radius 3 is 2.75 bits per heavy atom. The smallest absolute Gasteiger partial charge is 0.0120 e. The first kappa shape index (κ1) is 12.3. The van der Waals surface area contributed by atoms with E-state index in [1.54, 1.807) is 0 Å². The maximum absolute atomic E-state index is 5.84. The molecule has 1 saturated heterocycles. The number of hydrogen-bond donors (Lipinski definition) is 2. The summed E-state index contributed by atoms with van der Waals surface area (Å²) in [5.74, 6) is 1.50. The molecule has 94 valence electrons. The third-order valence-electron chi connectivity index (χ3n) is 4.50. The quantitative estimate of drug-likeness (QED) is 0.754. The van der Waals surface area contributed by atoms with Crippen molar-refractivity contribution in [3.8, 4) is 0 Å². The van der Waals surface area contributed by atoms with Crippen molar-refractivity contribution in [3.05, 3.63) is 0 Å². The number of hydrogen-bond acceptors (Lipinski definition) is 3. The van der Waals surface area contributed by atoms with E-state index in [0.717, 1.165) is 18.4 Å². The molecule has 0 aromatic carbocycles. The SMILES string of the molecule is CC1CN(C)CCC1NC1CCCC1CN. The summed E-state index contributed by atoms with van der Waals surface area (Å²) in [6.45, 7) is 5.71. The van der Waals surface area contributed by atoms with Crippen molar-refractivity contribution < 1.29 is 0 Å². The number of likely N-dealkylation sites (tertiary alicyclic amines) is 1. The molecule has 1 aliphatic carbocycles. The minimum atomic E-state index is 0.695. The number of nitrogens with zero attached hydrogens (tertiary/aromatic N) is 1. The molecule has 3 nitrogen and oxygen atoms in total. The summed E-state index contributed by atoms with van der Waals surface area (Å²) in [5, 5.41) is 3.88. The van der Waals surface area contributed by atoms with Crippen LogP contribution < -0.4 is 11.1 Å². The molecule has 2 fully saturated rings. The highest BCUT2D eigenvalue weighted by atomic mass is 15.1. The van der Waals surface area contributed by atoms with Gasteiger partial charge in [-0.15, -0.1) is 0 Å². The van der Waals surface area contributed by atoms with Gasteiger partial charge < -0.3 is 16.0 Å². The molecule has 1 heterocycles. The van der Waals surface area contributed by atoms with E-state index in [9.17, 15) is 0 Å². The molecule has 1 aliphatic heterocycles. The zero-order valence-corrected chi connectivity index (χ0v) is 10.8. The summed E-state index contributed by atoms with van der Waals surface area (Å²) in [6, 6.07) is 1.41. The summed E-state index contributed by atoms with van der Waals surface area (Å²) in [5.41, 5.74) is 5.84. The van der Waals surface area contributed by atoms with Gasteiger partial charge in [0.25, 0.3) is 0 Å². The second-order valence-corrected chi connectivity index (χ2v) is 5.83. The van der Waals surface area contributed by atoms with Crippen molar-refractivity contribution in [3.63, 3.8) is 0 Å². The first-order chi connectivity index (χ1) is 7.70. The molecule has 0 aromatic heterocycles. The van der Waals surface area contributed by atoms with Gasteiger partial charge >= 0.3 is 0 Å². The first-order valence-corrected chi connectivity index (χ1v) is 6.85. The molecule has 0 aromatic rings. The summed E-state index contributed by atoms with van der Waals surface area (Å²) < 4.78 is 0. The van der Waals surface area contributed by atoms with E-state index in [1.165, 1.54) is 38.8 Å². The molecule has 3 N–H and O–H groups in total. The van der Waals surface area contributed by atoms with Gasteiger partial charge in [-0.2, -0.15) is 0 Å². The van der Waals surface area contributed by atoms with Crippen LogP contribution >= 0.6 is 0 Å². The summed E-state index contributed by atoms with van der Waals surface area (Å²) in [4.78, 5) is 2.44. The van der Waals surface area contributed by atoms with E-state index < -0.39 is 0 Å². The lowest BCUT2D eigenvalue weighted by atomic mass is 9.92. The predicted molar refractivity (Wildman–Crippen MR) is 68.4 cm³/mol. The highest BCUT2D eigenvalue weighted by molar-refractivity contribution is 4.90. The van der Waals surface area contributed by atoms with Crippen LogP contribution in [0, 0.1) is 11.8 Å². The maximum Gasteiger partial charge on any atom is 0.0120 e. The molecule has 3 heteroatoms. The second-order valence-electron chi connectivity index (χ2n) is 5.83. The molecule has 1 saturated carbocycles. The van der Waals surface area contributed by atoms with Crippen LogP contribution in [0.15, 0.2) is 0 Å². The highest BCUT2D eigenvalue weighted by Crippen LogP contribution is 2.27. The molecule has 2 aliphatic rings. The van der Waals surface area contributed by atoms with Gasteiger partial charge in [0.05, 0.1) is 0 Å². The molecule has 16 heavy (non-hydrogen) atoms. The predicted octanol–water partition coefficient (Wildman–Crippen LogP) is 1.04. The zero-order chi connectivity index (χ0) is 11.5. The van der Waals surface area contributed by atoms with Crippen LogP contribution in [0.25, 0.3) is 0 Å². The lowest BCUT2D eigenvalue weighted by molar-refractivity contribution is 0.160. The van der Waals surface area contributed by atoms with Gasteiger partial charge in [-0.05, 0) is 51.2 Å². The van der Waals surface area contributed by atoms with Crippen molar-refractivity contribution in [2.75, 3.05) is 26.7 Å². The monoisotopic (exact) mass is 225 g/mol. The largest absolute Gasteiger partial charge is 0.330 e. The number of nitrogens with two attached hydrogens (primary N) is 1. The molecule has 4 atom stereocenters. The molecule has 0 amide bonds. The van der Waals surface area contributed by atoms with E-state index >= 15 is 0 Å². The average molecular weight is 225 g/mol. The standard InChI is InChI=1S/C13H27N3/c1-10-9-16(2)7-6-12(10)15-13-5-3-4-11(13)8-14/h10-13,15H,3-9,14H2,1-2H3. The van der Waals surface area contributed by atoms with Gasteiger partial charge in [-0.1, -0.05) is 13.3 Å². The molecule has 4 unspecified atom stereocenters. The Kier molecular flexibility index (Phi) is 4.22. The Bertz CT molecular complexity index is 219. The Hall–Kier alpha value is -0.120. The Morgan fingerprint density at radius 1 is 1.25 bits per heavy atom. The van der Waals surface area contributed by atoms with Gasteiger partial charge in [-0.25, -0.2) is 0 Å². The zero-order valence-electron chi connectivity index (χ0n) is 10.8. The van der Waals surface area contributed by atoms with Gasteiger partial charge in [0, 0.05) is 18.6 Å².